The van der Waals surface area contributed by atoms with Crippen LogP contribution in [0.15, 0.2) is 18.2 Å². The highest BCUT2D eigenvalue weighted by atomic mass is 16.1. The van der Waals surface area contributed by atoms with E-state index in [4.69, 9.17) is 0 Å². The molecule has 2 rings (SSSR count). The summed E-state index contributed by atoms with van der Waals surface area (Å²) in [5, 5.41) is 0. The highest BCUT2D eigenvalue weighted by molar-refractivity contribution is 5.81. The normalized spacial score (nSPS) is 14.2. The Kier molecular flexibility index (Phi) is 3.51. The maximum absolute atomic E-state index is 11.3. The second kappa shape index (κ2) is 4.91. The van der Waals surface area contributed by atoms with E-state index in [0.717, 1.165) is 19.5 Å². The molecule has 0 saturated heterocycles. The third-order valence-electron chi connectivity index (χ3n) is 3.20. The minimum atomic E-state index is 0.245. The predicted octanol–water partition coefficient (Wildman–Crippen LogP) is 2.84. The summed E-state index contributed by atoms with van der Waals surface area (Å²) in [7, 11) is 0. The Balaban J connectivity index is 2.31. The summed E-state index contributed by atoms with van der Waals surface area (Å²) in [4.78, 5) is 13.8. The number of para-hydroxylation sites is 1. The highest BCUT2D eigenvalue weighted by Crippen LogP contribution is 2.32. The fourth-order valence-electron chi connectivity index (χ4n) is 2.65. The molecular formula is C15H21NO. The van der Waals surface area contributed by atoms with Crippen molar-refractivity contribution >= 4 is 11.5 Å². The van der Waals surface area contributed by atoms with E-state index in [0.29, 0.717) is 12.3 Å². The van der Waals surface area contributed by atoms with Crippen molar-refractivity contribution in [3.8, 4) is 0 Å². The Hall–Kier alpha value is -1.31. The molecule has 0 fully saturated rings. The van der Waals surface area contributed by atoms with Crippen LogP contribution in [0, 0.1) is 5.92 Å². The number of Topliss-reactive ketones (excluding diaryl/α,β-unsaturated/α-hetero) is 1. The van der Waals surface area contributed by atoms with Gasteiger partial charge < -0.3 is 4.90 Å². The lowest BCUT2D eigenvalue weighted by atomic mass is 10.0. The van der Waals surface area contributed by atoms with Gasteiger partial charge in [0.15, 0.2) is 0 Å². The molecule has 92 valence electrons. The van der Waals surface area contributed by atoms with Crippen LogP contribution in [-0.2, 0) is 17.6 Å². The summed E-state index contributed by atoms with van der Waals surface area (Å²) in [5.41, 5.74) is 3.94. The van der Waals surface area contributed by atoms with Gasteiger partial charge in [-0.15, -0.1) is 0 Å². The Bertz CT molecular complexity index is 423. The topological polar surface area (TPSA) is 20.3 Å². The lowest BCUT2D eigenvalue weighted by molar-refractivity contribution is -0.116. The van der Waals surface area contributed by atoms with Crippen molar-refractivity contribution in [1.29, 1.82) is 0 Å². The van der Waals surface area contributed by atoms with E-state index in [1.165, 1.54) is 16.8 Å². The molecular weight excluding hydrogens is 210 g/mol. The molecule has 0 aliphatic carbocycles. The maximum atomic E-state index is 11.3. The first-order chi connectivity index (χ1) is 8.08. The van der Waals surface area contributed by atoms with Crippen LogP contribution in [0.5, 0.6) is 0 Å². The van der Waals surface area contributed by atoms with Crippen molar-refractivity contribution < 1.29 is 4.79 Å². The van der Waals surface area contributed by atoms with Crippen LogP contribution >= 0.6 is 0 Å². The molecule has 0 radical (unpaired) electrons. The number of nitrogens with zero attached hydrogens (tertiary/aromatic N) is 1. The van der Waals surface area contributed by atoms with E-state index < -0.39 is 0 Å². The molecule has 1 aliphatic heterocycles. The minimum Gasteiger partial charge on any atom is -0.370 e. The molecule has 0 unspecified atom stereocenters. The molecule has 1 heterocycles. The second-order valence-electron chi connectivity index (χ2n) is 5.39. The molecule has 0 spiro atoms. The number of benzene rings is 1. The first-order valence-electron chi connectivity index (χ1n) is 6.43. The zero-order valence-electron chi connectivity index (χ0n) is 11.0. The third-order valence-corrected chi connectivity index (χ3v) is 3.20. The average Bonchev–Trinajstić information content (AvgIpc) is 2.61. The summed E-state index contributed by atoms with van der Waals surface area (Å²) in [6.07, 6.45) is 1.69. The SMILES string of the molecule is CC(=O)Cc1cccc2c1N(CC(C)C)CC2. The smallest absolute Gasteiger partial charge is 0.134 e. The molecule has 1 aromatic carbocycles. The van der Waals surface area contributed by atoms with Gasteiger partial charge in [-0.1, -0.05) is 32.0 Å². The molecule has 1 aromatic rings. The number of hydrogen-bond donors (Lipinski definition) is 0. The van der Waals surface area contributed by atoms with Gasteiger partial charge >= 0.3 is 0 Å². The van der Waals surface area contributed by atoms with Gasteiger partial charge in [0, 0.05) is 25.2 Å². The standard InChI is InChI=1S/C15H21NO/c1-11(2)10-16-8-7-13-5-4-6-14(15(13)16)9-12(3)17/h4-6,11H,7-10H2,1-3H3. The van der Waals surface area contributed by atoms with Crippen molar-refractivity contribution in [2.24, 2.45) is 5.92 Å². The molecule has 0 saturated carbocycles. The number of carbonyl (C=O) groups is 1. The average molecular weight is 231 g/mol. The number of carbonyl (C=O) groups excluding carboxylic acids is 1. The summed E-state index contributed by atoms with van der Waals surface area (Å²) in [5.74, 6) is 0.904. The summed E-state index contributed by atoms with van der Waals surface area (Å²) in [6.45, 7) is 8.34. The van der Waals surface area contributed by atoms with Crippen LogP contribution in [0.25, 0.3) is 0 Å². The van der Waals surface area contributed by atoms with Gasteiger partial charge in [0.25, 0.3) is 0 Å². The van der Waals surface area contributed by atoms with E-state index in [-0.39, 0.29) is 5.78 Å². The number of fused-ring (bicyclic) bond motifs is 1. The van der Waals surface area contributed by atoms with E-state index in [1.54, 1.807) is 6.92 Å². The van der Waals surface area contributed by atoms with E-state index >= 15 is 0 Å². The Morgan fingerprint density at radius 2 is 2.18 bits per heavy atom. The van der Waals surface area contributed by atoms with Crippen molar-refractivity contribution in [1.82, 2.24) is 0 Å². The van der Waals surface area contributed by atoms with Gasteiger partial charge in [-0.25, -0.2) is 0 Å². The van der Waals surface area contributed by atoms with Crippen molar-refractivity contribution in [3.05, 3.63) is 29.3 Å². The highest BCUT2D eigenvalue weighted by Gasteiger charge is 2.22. The van der Waals surface area contributed by atoms with Crippen LogP contribution < -0.4 is 4.90 Å². The number of anilines is 1. The number of ketones is 1. The number of rotatable bonds is 4. The lowest BCUT2D eigenvalue weighted by Gasteiger charge is -2.24. The van der Waals surface area contributed by atoms with Gasteiger partial charge in [-0.3, -0.25) is 4.79 Å². The fraction of sp³-hybridized carbons (Fsp3) is 0.533. The summed E-state index contributed by atoms with van der Waals surface area (Å²) < 4.78 is 0. The van der Waals surface area contributed by atoms with Crippen LogP contribution in [0.2, 0.25) is 0 Å². The maximum Gasteiger partial charge on any atom is 0.134 e. The first kappa shape index (κ1) is 12.2. The second-order valence-corrected chi connectivity index (χ2v) is 5.39. The summed E-state index contributed by atoms with van der Waals surface area (Å²) >= 11 is 0. The molecule has 0 N–H and O–H groups in total. The molecule has 0 amide bonds. The molecule has 2 nitrogen and oxygen atoms in total. The van der Waals surface area contributed by atoms with Gasteiger partial charge in [0.1, 0.15) is 5.78 Å². The van der Waals surface area contributed by atoms with Crippen molar-refractivity contribution in [3.63, 3.8) is 0 Å². The quantitative estimate of drug-likeness (QED) is 0.794. The Labute approximate surface area is 104 Å². The lowest BCUT2D eigenvalue weighted by Crippen LogP contribution is -2.26. The van der Waals surface area contributed by atoms with Crippen molar-refractivity contribution in [2.75, 3.05) is 18.0 Å². The van der Waals surface area contributed by atoms with Crippen LogP contribution in [0.4, 0.5) is 5.69 Å². The number of hydrogen-bond acceptors (Lipinski definition) is 2. The molecule has 0 aromatic heterocycles. The summed E-state index contributed by atoms with van der Waals surface area (Å²) in [6, 6.07) is 6.37. The van der Waals surface area contributed by atoms with Crippen LogP contribution in [0.1, 0.15) is 31.9 Å². The Morgan fingerprint density at radius 1 is 1.41 bits per heavy atom. The third kappa shape index (κ3) is 2.68. The largest absolute Gasteiger partial charge is 0.370 e. The van der Waals surface area contributed by atoms with Gasteiger partial charge in [-0.2, -0.15) is 0 Å². The zero-order valence-corrected chi connectivity index (χ0v) is 11.0. The Morgan fingerprint density at radius 3 is 2.82 bits per heavy atom. The van der Waals surface area contributed by atoms with Gasteiger partial charge in [-0.05, 0) is 30.4 Å². The minimum absolute atomic E-state index is 0.245. The molecule has 0 bridgehead atoms. The predicted molar refractivity (Wildman–Crippen MR) is 71.6 cm³/mol. The molecule has 2 heteroatoms. The van der Waals surface area contributed by atoms with Crippen LogP contribution in [0.3, 0.4) is 0 Å². The van der Waals surface area contributed by atoms with Gasteiger partial charge in [0.05, 0.1) is 0 Å². The molecule has 17 heavy (non-hydrogen) atoms. The van der Waals surface area contributed by atoms with E-state index in [9.17, 15) is 4.79 Å². The zero-order chi connectivity index (χ0) is 12.4. The monoisotopic (exact) mass is 231 g/mol. The van der Waals surface area contributed by atoms with Crippen LogP contribution in [-0.4, -0.2) is 18.9 Å². The fourth-order valence-corrected chi connectivity index (χ4v) is 2.65. The molecule has 1 aliphatic rings. The van der Waals surface area contributed by atoms with E-state index in [1.807, 2.05) is 0 Å². The first-order valence-corrected chi connectivity index (χ1v) is 6.43. The van der Waals surface area contributed by atoms with Gasteiger partial charge in [0.2, 0.25) is 0 Å². The molecule has 0 atom stereocenters. The van der Waals surface area contributed by atoms with E-state index in [2.05, 4.69) is 36.9 Å². The van der Waals surface area contributed by atoms with Crippen molar-refractivity contribution in [2.45, 2.75) is 33.6 Å².